The Bertz CT molecular complexity index is 1430. The molecule has 38 heavy (non-hydrogen) atoms. The minimum atomic E-state index is -0.0471. The molecule has 0 unspecified atom stereocenters. The number of hydrogen-bond donors (Lipinski definition) is 1. The number of hydrogen-bond acceptors (Lipinski definition) is 8. The van der Waals surface area contributed by atoms with Crippen molar-refractivity contribution in [2.75, 3.05) is 32.1 Å². The number of fused-ring (bicyclic) bond motifs is 1. The van der Waals surface area contributed by atoms with Gasteiger partial charge in [-0.25, -0.2) is 9.97 Å². The van der Waals surface area contributed by atoms with Crippen LogP contribution in [0.5, 0.6) is 17.2 Å². The Labute approximate surface area is 225 Å². The molecule has 1 aliphatic rings. The maximum Gasteiger partial charge on any atom is 0.245 e. The molecule has 0 atom stereocenters. The van der Waals surface area contributed by atoms with Gasteiger partial charge in [0, 0.05) is 42.3 Å². The number of thiophene rings is 1. The van der Waals surface area contributed by atoms with Gasteiger partial charge >= 0.3 is 0 Å². The molecule has 3 heterocycles. The van der Waals surface area contributed by atoms with E-state index in [0.29, 0.717) is 37.0 Å². The second-order valence-corrected chi connectivity index (χ2v) is 9.78. The molecule has 1 N–H and O–H groups in total. The van der Waals surface area contributed by atoms with E-state index < -0.39 is 0 Å². The third-order valence-corrected chi connectivity index (χ3v) is 7.40. The Morgan fingerprint density at radius 2 is 2.00 bits per heavy atom. The number of piperidine rings is 1. The van der Waals surface area contributed by atoms with Crippen molar-refractivity contribution in [2.45, 2.75) is 25.9 Å². The number of carbonyl (C=O) groups excluding carboxylic acids is 1. The minimum absolute atomic E-state index is 0.0386. The molecule has 0 saturated carbocycles. The number of amides is 1. The molecule has 9 heteroatoms. The van der Waals surface area contributed by atoms with Crippen LogP contribution in [-0.4, -0.2) is 53.7 Å². The van der Waals surface area contributed by atoms with Gasteiger partial charge in [0.2, 0.25) is 5.91 Å². The first-order valence-corrected chi connectivity index (χ1v) is 13.5. The summed E-state index contributed by atoms with van der Waals surface area (Å²) in [6.07, 6.45) is 4.30. The molecule has 0 aliphatic carbocycles. The highest BCUT2D eigenvalue weighted by atomic mass is 32.1. The zero-order valence-corrected chi connectivity index (χ0v) is 22.3. The van der Waals surface area contributed by atoms with Crippen LogP contribution in [0.3, 0.4) is 0 Å². The first kappa shape index (κ1) is 25.5. The van der Waals surface area contributed by atoms with Crippen LogP contribution >= 0.6 is 11.3 Å². The largest absolute Gasteiger partial charge is 0.493 e. The minimum Gasteiger partial charge on any atom is -0.493 e. The van der Waals surface area contributed by atoms with Crippen LogP contribution in [0.1, 0.15) is 19.8 Å². The quantitative estimate of drug-likeness (QED) is 0.263. The van der Waals surface area contributed by atoms with Gasteiger partial charge in [0.25, 0.3) is 0 Å². The van der Waals surface area contributed by atoms with Gasteiger partial charge < -0.3 is 24.4 Å². The summed E-state index contributed by atoms with van der Waals surface area (Å²) in [5.74, 6) is 2.54. The highest BCUT2D eigenvalue weighted by molar-refractivity contribution is 7.13. The summed E-state index contributed by atoms with van der Waals surface area (Å²) >= 11 is 1.69. The lowest BCUT2D eigenvalue weighted by Gasteiger charge is -2.31. The van der Waals surface area contributed by atoms with E-state index in [1.807, 2.05) is 31.2 Å². The molecule has 1 amide bonds. The number of aromatic nitrogens is 2. The van der Waals surface area contributed by atoms with Gasteiger partial charge in [0.15, 0.2) is 11.5 Å². The molecule has 5 rings (SSSR count). The van der Waals surface area contributed by atoms with Crippen molar-refractivity contribution in [3.63, 3.8) is 0 Å². The second kappa shape index (κ2) is 11.5. The molecule has 1 aliphatic heterocycles. The summed E-state index contributed by atoms with van der Waals surface area (Å²) in [6, 6.07) is 14.0. The van der Waals surface area contributed by atoms with Crippen LogP contribution in [-0.2, 0) is 4.79 Å². The Morgan fingerprint density at radius 3 is 2.71 bits per heavy atom. The topological polar surface area (TPSA) is 85.8 Å². The predicted octanol–water partition coefficient (Wildman–Crippen LogP) is 6.07. The van der Waals surface area contributed by atoms with E-state index >= 15 is 0 Å². The smallest absolute Gasteiger partial charge is 0.245 e. The summed E-state index contributed by atoms with van der Waals surface area (Å²) in [4.78, 5) is 23.9. The van der Waals surface area contributed by atoms with E-state index in [1.54, 1.807) is 23.3 Å². The van der Waals surface area contributed by atoms with Crippen LogP contribution < -0.4 is 19.5 Å². The predicted molar refractivity (Wildman–Crippen MR) is 151 cm³/mol. The lowest BCUT2D eigenvalue weighted by molar-refractivity contribution is -0.127. The standard InChI is InChI=1S/C29H30N4O4S/c1-4-28(34)33-12-10-20(11-13-33)37-26-16-21-22(17-25(26)35-3)30-18-31-29(21)32-23-15-19(27-7-6-14-38-27)8-9-24(23)36-5-2/h4,6-9,14-18,20H,1,5,10-13H2,2-3H3,(H,30,31,32). The Balaban J connectivity index is 1.46. The number of ether oxygens (including phenoxy) is 3. The van der Waals surface area contributed by atoms with Gasteiger partial charge in [-0.05, 0) is 54.3 Å². The molecule has 0 bridgehead atoms. The van der Waals surface area contributed by atoms with Gasteiger partial charge in [-0.1, -0.05) is 12.6 Å². The fourth-order valence-electron chi connectivity index (χ4n) is 4.55. The van der Waals surface area contributed by atoms with E-state index in [4.69, 9.17) is 14.2 Å². The van der Waals surface area contributed by atoms with Gasteiger partial charge in [-0.15, -0.1) is 11.3 Å². The normalized spacial score (nSPS) is 13.8. The van der Waals surface area contributed by atoms with Gasteiger partial charge in [0.1, 0.15) is 24.0 Å². The van der Waals surface area contributed by atoms with E-state index in [0.717, 1.165) is 40.7 Å². The second-order valence-electron chi connectivity index (χ2n) is 8.84. The first-order chi connectivity index (χ1) is 18.6. The first-order valence-electron chi connectivity index (χ1n) is 12.6. The summed E-state index contributed by atoms with van der Waals surface area (Å²) in [5, 5.41) is 6.33. The number of likely N-dealkylation sites (tertiary alicyclic amines) is 1. The Hall–Kier alpha value is -4.11. The molecule has 0 spiro atoms. The SMILES string of the molecule is C=CC(=O)N1CCC(Oc2cc3c(Nc4cc(-c5cccs5)ccc4OCC)ncnc3cc2OC)CC1. The third kappa shape index (κ3) is 5.43. The molecule has 4 aromatic rings. The van der Waals surface area contributed by atoms with Crippen molar-refractivity contribution in [2.24, 2.45) is 0 Å². The van der Waals surface area contributed by atoms with Crippen LogP contribution in [0.15, 0.2) is 66.8 Å². The number of benzene rings is 2. The van der Waals surface area contributed by atoms with Crippen molar-refractivity contribution >= 4 is 39.7 Å². The highest BCUT2D eigenvalue weighted by Gasteiger charge is 2.24. The number of carbonyl (C=O) groups is 1. The van der Waals surface area contributed by atoms with Crippen LogP contribution in [0.25, 0.3) is 21.3 Å². The fourth-order valence-corrected chi connectivity index (χ4v) is 5.27. The molecule has 2 aromatic carbocycles. The Kier molecular flexibility index (Phi) is 7.74. The number of rotatable bonds is 9. The summed E-state index contributed by atoms with van der Waals surface area (Å²) in [5.41, 5.74) is 2.64. The van der Waals surface area contributed by atoms with E-state index in [-0.39, 0.29) is 12.0 Å². The maximum absolute atomic E-state index is 11.9. The van der Waals surface area contributed by atoms with Gasteiger partial charge in [-0.2, -0.15) is 0 Å². The molecule has 2 aromatic heterocycles. The fraction of sp³-hybridized carbons (Fsp3) is 0.276. The third-order valence-electron chi connectivity index (χ3n) is 6.48. The van der Waals surface area contributed by atoms with Crippen LogP contribution in [0.2, 0.25) is 0 Å². The summed E-state index contributed by atoms with van der Waals surface area (Å²) in [6.45, 7) is 7.34. The molecule has 196 valence electrons. The molecule has 1 fully saturated rings. The van der Waals surface area contributed by atoms with Crippen molar-refractivity contribution in [1.29, 1.82) is 0 Å². The lowest BCUT2D eigenvalue weighted by Crippen LogP contribution is -2.41. The monoisotopic (exact) mass is 530 g/mol. The van der Waals surface area contributed by atoms with E-state index in [1.165, 1.54) is 17.3 Å². The van der Waals surface area contributed by atoms with Crippen molar-refractivity contribution in [3.8, 4) is 27.7 Å². The van der Waals surface area contributed by atoms with Crippen molar-refractivity contribution in [1.82, 2.24) is 14.9 Å². The maximum atomic E-state index is 11.9. The number of nitrogens with one attached hydrogen (secondary N) is 1. The van der Waals surface area contributed by atoms with Crippen LogP contribution in [0, 0.1) is 0 Å². The zero-order valence-electron chi connectivity index (χ0n) is 21.5. The summed E-state index contributed by atoms with van der Waals surface area (Å²) < 4.78 is 17.9. The molecular weight excluding hydrogens is 500 g/mol. The van der Waals surface area contributed by atoms with E-state index in [2.05, 4.69) is 45.4 Å². The van der Waals surface area contributed by atoms with Crippen molar-refractivity contribution in [3.05, 3.63) is 66.8 Å². The number of anilines is 2. The molecule has 8 nitrogen and oxygen atoms in total. The van der Waals surface area contributed by atoms with Gasteiger partial charge in [0.05, 0.1) is 24.9 Å². The van der Waals surface area contributed by atoms with E-state index in [9.17, 15) is 4.79 Å². The molecule has 1 saturated heterocycles. The lowest BCUT2D eigenvalue weighted by atomic mass is 10.1. The molecule has 0 radical (unpaired) electrons. The number of methoxy groups -OCH3 is 1. The highest BCUT2D eigenvalue weighted by Crippen LogP contribution is 2.39. The average Bonchev–Trinajstić information content (AvgIpc) is 3.49. The van der Waals surface area contributed by atoms with Gasteiger partial charge in [-0.3, -0.25) is 4.79 Å². The summed E-state index contributed by atoms with van der Waals surface area (Å²) in [7, 11) is 1.62. The zero-order chi connectivity index (χ0) is 26.5. The van der Waals surface area contributed by atoms with Crippen molar-refractivity contribution < 1.29 is 19.0 Å². The Morgan fingerprint density at radius 1 is 1.16 bits per heavy atom. The number of nitrogens with zero attached hydrogens (tertiary/aromatic N) is 3. The average molecular weight is 531 g/mol. The van der Waals surface area contributed by atoms with Crippen LogP contribution in [0.4, 0.5) is 11.5 Å². The molecular formula is C29H30N4O4S.